The highest BCUT2D eigenvalue weighted by atomic mass is 19.4. The van der Waals surface area contributed by atoms with Crippen LogP contribution in [0.1, 0.15) is 22.8 Å². The molecule has 1 aromatic heterocycles. The van der Waals surface area contributed by atoms with Crippen molar-refractivity contribution in [2.24, 2.45) is 0 Å². The Kier molecular flexibility index (Phi) is 5.33. The van der Waals surface area contributed by atoms with E-state index in [0.29, 0.717) is 19.3 Å². The van der Waals surface area contributed by atoms with E-state index in [1.807, 2.05) is 0 Å². The summed E-state index contributed by atoms with van der Waals surface area (Å²) in [4.78, 5) is 21.7. The fourth-order valence-electron chi connectivity index (χ4n) is 3.45. The maximum atomic E-state index is 15.0. The molecule has 1 aromatic carbocycles. The SMILES string of the molecule is CCNc1nc(Nc2ccc(C(=O)N3CC4OC[C@H]43)c(F)c2OC)ncc1C(F)(F)F. The Morgan fingerprint density at radius 1 is 1.39 bits per heavy atom. The molecule has 0 aliphatic carbocycles. The maximum absolute atomic E-state index is 15.0. The van der Waals surface area contributed by atoms with Crippen LogP contribution in [0.5, 0.6) is 5.75 Å². The first-order valence-corrected chi connectivity index (χ1v) is 9.48. The van der Waals surface area contributed by atoms with Gasteiger partial charge >= 0.3 is 6.18 Å². The van der Waals surface area contributed by atoms with E-state index in [1.165, 1.54) is 24.1 Å². The van der Waals surface area contributed by atoms with Crippen LogP contribution in [0.25, 0.3) is 0 Å². The minimum Gasteiger partial charge on any atom is -0.492 e. The maximum Gasteiger partial charge on any atom is 0.421 e. The molecule has 0 radical (unpaired) electrons. The molecule has 2 atom stereocenters. The first-order chi connectivity index (χ1) is 14.7. The van der Waals surface area contributed by atoms with Gasteiger partial charge in [-0.3, -0.25) is 4.79 Å². The van der Waals surface area contributed by atoms with E-state index in [1.54, 1.807) is 6.92 Å². The van der Waals surface area contributed by atoms with Crippen molar-refractivity contribution < 1.29 is 31.8 Å². The topological polar surface area (TPSA) is 88.6 Å². The highest BCUT2D eigenvalue weighted by Crippen LogP contribution is 2.37. The van der Waals surface area contributed by atoms with E-state index in [-0.39, 0.29) is 41.6 Å². The summed E-state index contributed by atoms with van der Waals surface area (Å²) in [5.41, 5.74) is -1.13. The zero-order valence-electron chi connectivity index (χ0n) is 16.6. The third-order valence-corrected chi connectivity index (χ3v) is 5.16. The molecule has 166 valence electrons. The van der Waals surface area contributed by atoms with Crippen LogP contribution in [-0.4, -0.2) is 59.7 Å². The van der Waals surface area contributed by atoms with E-state index in [4.69, 9.17) is 9.47 Å². The smallest absolute Gasteiger partial charge is 0.421 e. The third-order valence-electron chi connectivity index (χ3n) is 5.16. The molecule has 0 bridgehead atoms. The van der Waals surface area contributed by atoms with Gasteiger partial charge in [0.05, 0.1) is 37.1 Å². The largest absolute Gasteiger partial charge is 0.492 e. The number of morpholine rings is 1. The number of fused-ring (bicyclic) bond motifs is 1. The van der Waals surface area contributed by atoms with Crippen molar-refractivity contribution in [2.45, 2.75) is 25.2 Å². The number of nitrogens with one attached hydrogen (secondary N) is 2. The number of nitrogens with zero attached hydrogens (tertiary/aromatic N) is 3. The molecule has 31 heavy (non-hydrogen) atoms. The van der Waals surface area contributed by atoms with Crippen molar-refractivity contribution in [3.05, 3.63) is 35.3 Å². The van der Waals surface area contributed by atoms with Gasteiger partial charge in [0.1, 0.15) is 11.4 Å². The Hall–Kier alpha value is -3.15. The van der Waals surface area contributed by atoms with Crippen molar-refractivity contribution in [1.82, 2.24) is 14.9 Å². The summed E-state index contributed by atoms with van der Waals surface area (Å²) in [6, 6.07) is 2.63. The zero-order chi connectivity index (χ0) is 22.3. The first kappa shape index (κ1) is 21.1. The number of hydrogen-bond donors (Lipinski definition) is 2. The molecule has 2 fully saturated rings. The van der Waals surface area contributed by atoms with E-state index >= 15 is 4.39 Å². The van der Waals surface area contributed by atoms with Crippen molar-refractivity contribution in [3.8, 4) is 5.75 Å². The molecule has 2 N–H and O–H groups in total. The molecule has 1 unspecified atom stereocenters. The molecule has 2 aromatic rings. The van der Waals surface area contributed by atoms with Gasteiger partial charge in [0.15, 0.2) is 11.6 Å². The van der Waals surface area contributed by atoms with Crippen LogP contribution in [-0.2, 0) is 10.9 Å². The van der Waals surface area contributed by atoms with Crippen LogP contribution >= 0.6 is 0 Å². The molecule has 2 saturated heterocycles. The van der Waals surface area contributed by atoms with Gasteiger partial charge in [-0.15, -0.1) is 0 Å². The summed E-state index contributed by atoms with van der Waals surface area (Å²) in [7, 11) is 1.22. The highest BCUT2D eigenvalue weighted by Gasteiger charge is 2.50. The zero-order valence-corrected chi connectivity index (χ0v) is 16.6. The van der Waals surface area contributed by atoms with E-state index in [9.17, 15) is 18.0 Å². The molecule has 0 saturated carbocycles. The van der Waals surface area contributed by atoms with Crippen molar-refractivity contribution >= 4 is 23.4 Å². The molecular formula is C19H19F4N5O3. The fraction of sp³-hybridized carbons (Fsp3) is 0.421. The quantitative estimate of drug-likeness (QED) is 0.667. The second-order valence-corrected chi connectivity index (χ2v) is 7.01. The molecule has 4 rings (SSSR count). The van der Waals surface area contributed by atoms with E-state index in [2.05, 4.69) is 20.6 Å². The molecular weight excluding hydrogens is 422 g/mol. The van der Waals surface area contributed by atoms with Crippen LogP contribution in [0.3, 0.4) is 0 Å². The van der Waals surface area contributed by atoms with Crippen LogP contribution in [0.2, 0.25) is 0 Å². The summed E-state index contributed by atoms with van der Waals surface area (Å²) in [5, 5.41) is 5.19. The number of anilines is 3. The second-order valence-electron chi connectivity index (χ2n) is 7.01. The lowest BCUT2D eigenvalue weighted by atomic mass is 9.93. The Labute approximate surface area is 174 Å². The Bertz CT molecular complexity index is 1020. The normalized spacial score (nSPS) is 19.7. The Balaban J connectivity index is 1.61. The summed E-state index contributed by atoms with van der Waals surface area (Å²) >= 11 is 0. The summed E-state index contributed by atoms with van der Waals surface area (Å²) in [6.45, 7) is 2.66. The molecule has 3 heterocycles. The van der Waals surface area contributed by atoms with Gasteiger partial charge in [0, 0.05) is 19.3 Å². The number of aromatic nitrogens is 2. The van der Waals surface area contributed by atoms with Crippen LogP contribution in [0.4, 0.5) is 35.0 Å². The van der Waals surface area contributed by atoms with Crippen molar-refractivity contribution in [3.63, 3.8) is 0 Å². The van der Waals surface area contributed by atoms with Crippen LogP contribution in [0.15, 0.2) is 18.3 Å². The van der Waals surface area contributed by atoms with Gasteiger partial charge in [-0.25, -0.2) is 9.37 Å². The van der Waals surface area contributed by atoms with Gasteiger partial charge in [-0.1, -0.05) is 0 Å². The molecule has 2 aliphatic heterocycles. The number of ether oxygens (including phenoxy) is 2. The summed E-state index contributed by atoms with van der Waals surface area (Å²) < 4.78 is 64.7. The second kappa shape index (κ2) is 7.84. The number of benzene rings is 1. The third kappa shape index (κ3) is 3.71. The average Bonchev–Trinajstić information content (AvgIpc) is 2.69. The van der Waals surface area contributed by atoms with E-state index < -0.39 is 29.3 Å². The highest BCUT2D eigenvalue weighted by molar-refractivity contribution is 5.96. The Morgan fingerprint density at radius 2 is 2.16 bits per heavy atom. The van der Waals surface area contributed by atoms with E-state index in [0.717, 1.165) is 0 Å². The van der Waals surface area contributed by atoms with Crippen LogP contribution < -0.4 is 15.4 Å². The number of alkyl halides is 3. The molecule has 12 heteroatoms. The van der Waals surface area contributed by atoms with Gasteiger partial charge in [-0.05, 0) is 19.1 Å². The standard InChI is InChI=1S/C19H19F4N5O3/c1-3-24-16-10(19(21,22)23)6-25-18(27-16)26-11-5-4-9(14(20)15(11)30-2)17(29)28-7-13-12(28)8-31-13/h4-6,12-13H,3,7-8H2,1-2H3,(H2,24,25,26,27)/t12-,13?/m1/s1. The molecule has 8 nitrogen and oxygen atoms in total. The van der Waals surface area contributed by atoms with Crippen LogP contribution in [0, 0.1) is 5.82 Å². The summed E-state index contributed by atoms with van der Waals surface area (Å²) in [5.74, 6) is -2.25. The average molecular weight is 441 g/mol. The Morgan fingerprint density at radius 3 is 2.71 bits per heavy atom. The van der Waals surface area contributed by atoms with Crippen molar-refractivity contribution in [2.75, 3.05) is 37.4 Å². The predicted molar refractivity (Wildman–Crippen MR) is 102 cm³/mol. The molecule has 0 spiro atoms. The monoisotopic (exact) mass is 441 g/mol. The molecule has 2 aliphatic rings. The lowest BCUT2D eigenvalue weighted by Crippen LogP contribution is -2.71. The summed E-state index contributed by atoms with van der Waals surface area (Å²) in [6.07, 6.45) is -3.99. The number of rotatable bonds is 6. The van der Waals surface area contributed by atoms with Gasteiger partial charge in [0.25, 0.3) is 5.91 Å². The minimum absolute atomic E-state index is 0.0117. The number of carbonyl (C=O) groups is 1. The first-order valence-electron chi connectivity index (χ1n) is 9.48. The lowest BCUT2D eigenvalue weighted by Gasteiger charge is -2.54. The number of likely N-dealkylation sites (tertiary alicyclic amines) is 1. The minimum atomic E-state index is -4.64. The van der Waals surface area contributed by atoms with Gasteiger partial charge in [-0.2, -0.15) is 18.2 Å². The van der Waals surface area contributed by atoms with Gasteiger partial charge in [0.2, 0.25) is 5.95 Å². The van der Waals surface area contributed by atoms with Crippen molar-refractivity contribution in [1.29, 1.82) is 0 Å². The number of halogens is 4. The fourth-order valence-corrected chi connectivity index (χ4v) is 3.45. The molecule has 1 amide bonds. The number of carbonyl (C=O) groups excluding carboxylic acids is 1. The number of amides is 1. The number of methoxy groups -OCH3 is 1. The predicted octanol–water partition coefficient (Wildman–Crippen LogP) is 3.04. The number of hydrogen-bond acceptors (Lipinski definition) is 7. The van der Waals surface area contributed by atoms with Gasteiger partial charge < -0.3 is 25.0 Å². The lowest BCUT2D eigenvalue weighted by molar-refractivity contribution is -0.195.